The zero-order chi connectivity index (χ0) is 13.2. The normalized spacial score (nSPS) is 28.5. The van der Waals surface area contributed by atoms with E-state index in [0.29, 0.717) is 25.2 Å². The summed E-state index contributed by atoms with van der Waals surface area (Å²) in [7, 11) is 0. The first kappa shape index (κ1) is 13.2. The predicted octanol–water partition coefficient (Wildman–Crippen LogP) is 1.09. The Hall–Kier alpha value is -1.23. The van der Waals surface area contributed by atoms with E-state index >= 15 is 0 Å². The van der Waals surface area contributed by atoms with Crippen LogP contribution in [0.1, 0.15) is 5.56 Å². The molecule has 0 saturated carbocycles. The Kier molecular flexibility index (Phi) is 3.80. The van der Waals surface area contributed by atoms with E-state index in [1.54, 1.807) is 24.3 Å². The second-order valence-electron chi connectivity index (χ2n) is 4.88. The molecule has 0 amide bonds. The summed E-state index contributed by atoms with van der Waals surface area (Å²) in [5.41, 5.74) is 6.03. The highest BCUT2D eigenvalue weighted by molar-refractivity contribution is 5.29. The molecule has 1 aliphatic heterocycles. The lowest BCUT2D eigenvalue weighted by Gasteiger charge is -2.30. The van der Waals surface area contributed by atoms with Gasteiger partial charge >= 0.3 is 0 Å². The average molecular weight is 250 g/mol. The Balaban J connectivity index is 2.34. The van der Waals surface area contributed by atoms with Gasteiger partial charge in [-0.25, -0.2) is 4.39 Å². The monoisotopic (exact) mass is 250 g/mol. The van der Waals surface area contributed by atoms with Crippen LogP contribution in [0.5, 0.6) is 0 Å². The third-order valence-corrected chi connectivity index (χ3v) is 3.68. The largest absolute Gasteiger partial charge is 0.396 e. The van der Waals surface area contributed by atoms with Crippen LogP contribution in [0.3, 0.4) is 0 Å². The molecule has 1 heterocycles. The zero-order valence-electron chi connectivity index (χ0n) is 10.3. The number of rotatable bonds is 4. The van der Waals surface area contributed by atoms with Crippen molar-refractivity contribution in [1.82, 2.24) is 4.90 Å². The molecule has 18 heavy (non-hydrogen) atoms. The summed E-state index contributed by atoms with van der Waals surface area (Å²) in [4.78, 5) is 2.08. The van der Waals surface area contributed by atoms with Crippen LogP contribution in [0.2, 0.25) is 0 Å². The van der Waals surface area contributed by atoms with Crippen molar-refractivity contribution in [2.75, 3.05) is 26.2 Å². The number of hydrogen-bond donors (Lipinski definition) is 2. The minimum absolute atomic E-state index is 0.0432. The lowest BCUT2D eigenvalue weighted by molar-refractivity contribution is 0.183. The molecule has 2 atom stereocenters. The first-order valence-electron chi connectivity index (χ1n) is 6.10. The fourth-order valence-electron chi connectivity index (χ4n) is 2.72. The Morgan fingerprint density at radius 3 is 2.89 bits per heavy atom. The van der Waals surface area contributed by atoms with Crippen molar-refractivity contribution >= 4 is 0 Å². The maximum Gasteiger partial charge on any atom is 0.128 e. The molecule has 1 saturated heterocycles. The van der Waals surface area contributed by atoms with Crippen LogP contribution in [0, 0.1) is 11.7 Å². The van der Waals surface area contributed by atoms with Gasteiger partial charge in [0, 0.05) is 37.7 Å². The van der Waals surface area contributed by atoms with Crippen molar-refractivity contribution < 1.29 is 9.50 Å². The standard InChI is InChI=1S/C14H19FN2O/c1-2-7-17-8-11(9-18)14(16,10-17)12-5-3-4-6-13(12)15/h2-6,11,18H,1,7-10,16H2/t11-,14-/m0/s1. The zero-order valence-corrected chi connectivity index (χ0v) is 10.3. The molecule has 3 N–H and O–H groups in total. The van der Waals surface area contributed by atoms with E-state index in [4.69, 9.17) is 5.73 Å². The summed E-state index contributed by atoms with van der Waals surface area (Å²) in [6.07, 6.45) is 1.79. The van der Waals surface area contributed by atoms with E-state index in [9.17, 15) is 9.50 Å². The van der Waals surface area contributed by atoms with E-state index in [2.05, 4.69) is 11.5 Å². The van der Waals surface area contributed by atoms with Crippen molar-refractivity contribution in [3.63, 3.8) is 0 Å². The molecular formula is C14H19FN2O. The molecular weight excluding hydrogens is 231 g/mol. The van der Waals surface area contributed by atoms with Crippen LogP contribution in [0.15, 0.2) is 36.9 Å². The van der Waals surface area contributed by atoms with Crippen LogP contribution >= 0.6 is 0 Å². The van der Waals surface area contributed by atoms with E-state index < -0.39 is 5.54 Å². The molecule has 0 bridgehead atoms. The quantitative estimate of drug-likeness (QED) is 0.786. The number of aliphatic hydroxyl groups excluding tert-OH is 1. The van der Waals surface area contributed by atoms with Crippen LogP contribution in [0.25, 0.3) is 0 Å². The van der Waals surface area contributed by atoms with Gasteiger partial charge in [0.05, 0.1) is 5.54 Å². The SMILES string of the molecule is C=CCN1C[C@@H](CO)[C@](N)(c2ccccc2F)C1. The summed E-state index contributed by atoms with van der Waals surface area (Å²) in [5.74, 6) is -0.465. The van der Waals surface area contributed by atoms with Crippen LogP contribution in [-0.2, 0) is 5.54 Å². The third kappa shape index (κ3) is 2.19. The second kappa shape index (κ2) is 5.18. The minimum Gasteiger partial charge on any atom is -0.396 e. The highest BCUT2D eigenvalue weighted by Crippen LogP contribution is 2.35. The molecule has 98 valence electrons. The maximum absolute atomic E-state index is 13.9. The highest BCUT2D eigenvalue weighted by atomic mass is 19.1. The predicted molar refractivity (Wildman–Crippen MR) is 69.5 cm³/mol. The van der Waals surface area contributed by atoms with Gasteiger partial charge in [0.15, 0.2) is 0 Å². The van der Waals surface area contributed by atoms with Gasteiger partial charge in [-0.2, -0.15) is 0 Å². The topological polar surface area (TPSA) is 49.5 Å². The lowest BCUT2D eigenvalue weighted by atomic mass is 9.81. The fraction of sp³-hybridized carbons (Fsp3) is 0.429. The third-order valence-electron chi connectivity index (χ3n) is 3.68. The molecule has 0 spiro atoms. The van der Waals surface area contributed by atoms with Gasteiger partial charge < -0.3 is 10.8 Å². The number of aliphatic hydroxyl groups is 1. The number of halogens is 1. The number of nitrogens with two attached hydrogens (primary N) is 1. The average Bonchev–Trinajstić information content (AvgIpc) is 2.67. The first-order chi connectivity index (χ1) is 8.61. The van der Waals surface area contributed by atoms with Gasteiger partial charge in [-0.1, -0.05) is 24.3 Å². The Bertz CT molecular complexity index is 438. The first-order valence-corrected chi connectivity index (χ1v) is 6.10. The van der Waals surface area contributed by atoms with Crippen molar-refractivity contribution in [2.45, 2.75) is 5.54 Å². The molecule has 4 heteroatoms. The van der Waals surface area contributed by atoms with Crippen LogP contribution in [0.4, 0.5) is 4.39 Å². The summed E-state index contributed by atoms with van der Waals surface area (Å²) < 4.78 is 13.9. The summed E-state index contributed by atoms with van der Waals surface area (Å²) >= 11 is 0. The molecule has 0 aromatic heterocycles. The van der Waals surface area contributed by atoms with Crippen molar-refractivity contribution in [3.8, 4) is 0 Å². The van der Waals surface area contributed by atoms with Gasteiger partial charge in [0.2, 0.25) is 0 Å². The van der Waals surface area contributed by atoms with Crippen LogP contribution < -0.4 is 5.73 Å². The second-order valence-corrected chi connectivity index (χ2v) is 4.88. The maximum atomic E-state index is 13.9. The van der Waals surface area contributed by atoms with E-state index in [1.807, 2.05) is 0 Å². The number of hydrogen-bond acceptors (Lipinski definition) is 3. The molecule has 1 fully saturated rings. The molecule has 0 radical (unpaired) electrons. The van der Waals surface area contributed by atoms with Crippen LogP contribution in [-0.4, -0.2) is 36.2 Å². The van der Waals surface area contributed by atoms with Gasteiger partial charge in [-0.05, 0) is 6.07 Å². The van der Waals surface area contributed by atoms with Gasteiger partial charge in [0.1, 0.15) is 5.82 Å². The Labute approximate surface area is 107 Å². The van der Waals surface area contributed by atoms with Crippen molar-refractivity contribution in [1.29, 1.82) is 0 Å². The lowest BCUT2D eigenvalue weighted by Crippen LogP contribution is -2.46. The van der Waals surface area contributed by atoms with Gasteiger partial charge in [-0.3, -0.25) is 4.90 Å². The smallest absolute Gasteiger partial charge is 0.128 e. The Morgan fingerprint density at radius 1 is 1.56 bits per heavy atom. The number of nitrogens with zero attached hydrogens (tertiary/aromatic N) is 1. The summed E-state index contributed by atoms with van der Waals surface area (Å²) in [5, 5.41) is 9.48. The van der Waals surface area contributed by atoms with E-state index in [1.165, 1.54) is 6.07 Å². The van der Waals surface area contributed by atoms with E-state index in [0.717, 1.165) is 0 Å². The molecule has 1 aromatic rings. The summed E-state index contributed by atoms with van der Waals surface area (Å²) in [6, 6.07) is 6.54. The molecule has 3 nitrogen and oxygen atoms in total. The Morgan fingerprint density at radius 2 is 2.28 bits per heavy atom. The van der Waals surface area contributed by atoms with Gasteiger partial charge in [-0.15, -0.1) is 6.58 Å². The molecule has 0 unspecified atom stereocenters. The van der Waals surface area contributed by atoms with Crippen molar-refractivity contribution in [2.24, 2.45) is 11.7 Å². The fourth-order valence-corrected chi connectivity index (χ4v) is 2.72. The molecule has 0 aliphatic carbocycles. The summed E-state index contributed by atoms with van der Waals surface area (Å²) in [6.45, 7) is 5.54. The van der Waals surface area contributed by atoms with E-state index in [-0.39, 0.29) is 18.3 Å². The number of likely N-dealkylation sites (tertiary alicyclic amines) is 1. The van der Waals surface area contributed by atoms with Crippen molar-refractivity contribution in [3.05, 3.63) is 48.3 Å². The van der Waals surface area contributed by atoms with Gasteiger partial charge in [0.25, 0.3) is 0 Å². The molecule has 1 aromatic carbocycles. The highest BCUT2D eigenvalue weighted by Gasteiger charge is 2.45. The number of benzene rings is 1. The molecule has 2 rings (SSSR count). The minimum atomic E-state index is -0.830. The molecule has 1 aliphatic rings.